The van der Waals surface area contributed by atoms with Crippen molar-refractivity contribution in [3.05, 3.63) is 35.7 Å². The zero-order valence-electron chi connectivity index (χ0n) is 11.5. The lowest BCUT2D eigenvalue weighted by Crippen LogP contribution is -2.26. The summed E-state index contributed by atoms with van der Waals surface area (Å²) in [6.45, 7) is 4.87. The van der Waals surface area contributed by atoms with E-state index in [9.17, 15) is 5.11 Å². The van der Waals surface area contributed by atoms with Crippen molar-refractivity contribution in [2.75, 3.05) is 13.6 Å². The van der Waals surface area contributed by atoms with E-state index in [0.29, 0.717) is 24.8 Å². The number of likely N-dealkylation sites (N-methyl/N-ethyl adjacent to an activating group) is 1. The van der Waals surface area contributed by atoms with Gasteiger partial charge in [0.15, 0.2) is 0 Å². The molecule has 0 saturated carbocycles. The van der Waals surface area contributed by atoms with Gasteiger partial charge in [0.25, 0.3) is 0 Å². The summed E-state index contributed by atoms with van der Waals surface area (Å²) < 4.78 is 5.24. The van der Waals surface area contributed by atoms with Crippen molar-refractivity contribution < 1.29 is 9.63 Å². The third-order valence-electron chi connectivity index (χ3n) is 2.84. The van der Waals surface area contributed by atoms with Crippen LogP contribution in [0.15, 0.2) is 28.8 Å². The smallest absolute Gasteiger partial charge is 0.241 e. The summed E-state index contributed by atoms with van der Waals surface area (Å²) in [4.78, 5) is 6.33. The van der Waals surface area contributed by atoms with Gasteiger partial charge in [0.05, 0.1) is 12.6 Å². The Morgan fingerprint density at radius 1 is 1.37 bits per heavy atom. The molecule has 102 valence electrons. The van der Waals surface area contributed by atoms with E-state index < -0.39 is 0 Å². The van der Waals surface area contributed by atoms with E-state index in [0.717, 1.165) is 11.1 Å². The zero-order chi connectivity index (χ0) is 13.8. The third-order valence-corrected chi connectivity index (χ3v) is 2.84. The minimum absolute atomic E-state index is 0.372. The Morgan fingerprint density at radius 2 is 2.11 bits per heavy atom. The fourth-order valence-corrected chi connectivity index (χ4v) is 2.00. The molecule has 1 N–H and O–H groups in total. The first-order valence-electron chi connectivity index (χ1n) is 6.31. The maximum absolute atomic E-state index is 9.31. The van der Waals surface area contributed by atoms with E-state index in [4.69, 9.17) is 4.52 Å². The van der Waals surface area contributed by atoms with Crippen LogP contribution in [0.1, 0.15) is 18.4 Å². The predicted octanol–water partition coefficient (Wildman–Crippen LogP) is 1.86. The molecule has 1 aromatic heterocycles. The van der Waals surface area contributed by atoms with E-state index in [1.807, 2.05) is 43.1 Å². The first kappa shape index (κ1) is 13.7. The van der Waals surface area contributed by atoms with Gasteiger partial charge >= 0.3 is 0 Å². The van der Waals surface area contributed by atoms with Crippen molar-refractivity contribution in [3.63, 3.8) is 0 Å². The summed E-state index contributed by atoms with van der Waals surface area (Å²) in [6, 6.07) is 7.93. The number of rotatable bonds is 5. The van der Waals surface area contributed by atoms with E-state index in [2.05, 4.69) is 10.1 Å². The number of hydrogen-bond donors (Lipinski definition) is 1. The molecule has 0 radical (unpaired) electrons. The molecule has 1 aromatic carbocycles. The molecule has 0 aliphatic rings. The van der Waals surface area contributed by atoms with Crippen LogP contribution >= 0.6 is 0 Å². The monoisotopic (exact) mass is 261 g/mol. The Bertz CT molecular complexity index is 537. The van der Waals surface area contributed by atoms with Gasteiger partial charge in [-0.1, -0.05) is 29.4 Å². The quantitative estimate of drug-likeness (QED) is 0.890. The number of benzene rings is 1. The molecular formula is C14H19N3O2. The highest BCUT2D eigenvalue weighted by Gasteiger charge is 2.12. The number of hydrogen-bond acceptors (Lipinski definition) is 5. The van der Waals surface area contributed by atoms with Crippen molar-refractivity contribution >= 4 is 0 Å². The summed E-state index contributed by atoms with van der Waals surface area (Å²) in [5, 5.41) is 13.3. The highest BCUT2D eigenvalue weighted by Crippen LogP contribution is 2.19. The van der Waals surface area contributed by atoms with Gasteiger partial charge in [0.2, 0.25) is 11.7 Å². The van der Waals surface area contributed by atoms with E-state index in [-0.39, 0.29) is 6.10 Å². The number of aliphatic hydroxyl groups excluding tert-OH is 1. The second-order valence-electron chi connectivity index (χ2n) is 4.87. The summed E-state index contributed by atoms with van der Waals surface area (Å²) in [5.41, 5.74) is 2.10. The molecular weight excluding hydrogens is 242 g/mol. The van der Waals surface area contributed by atoms with Crippen molar-refractivity contribution in [2.45, 2.75) is 26.5 Å². The Kier molecular flexibility index (Phi) is 4.29. The Hall–Kier alpha value is -1.72. The van der Waals surface area contributed by atoms with Crippen molar-refractivity contribution in [1.82, 2.24) is 15.0 Å². The predicted molar refractivity (Wildman–Crippen MR) is 72.5 cm³/mol. The van der Waals surface area contributed by atoms with Crippen LogP contribution in [0, 0.1) is 6.92 Å². The molecule has 19 heavy (non-hydrogen) atoms. The molecule has 0 aliphatic heterocycles. The highest BCUT2D eigenvalue weighted by molar-refractivity contribution is 5.58. The maximum Gasteiger partial charge on any atom is 0.241 e. The first-order chi connectivity index (χ1) is 9.06. The number of aromatic nitrogens is 2. The van der Waals surface area contributed by atoms with Crippen LogP contribution in [0.4, 0.5) is 0 Å². The summed E-state index contributed by atoms with van der Waals surface area (Å²) in [7, 11) is 1.91. The minimum atomic E-state index is -0.372. The van der Waals surface area contributed by atoms with Gasteiger partial charge in [-0.15, -0.1) is 0 Å². The SMILES string of the molecule is Cc1ccccc1-c1noc(CN(C)CC(C)O)n1. The Balaban J connectivity index is 2.09. The average molecular weight is 261 g/mol. The first-order valence-corrected chi connectivity index (χ1v) is 6.31. The Labute approximate surface area is 112 Å². The van der Waals surface area contributed by atoms with Gasteiger partial charge in [0.1, 0.15) is 0 Å². The minimum Gasteiger partial charge on any atom is -0.392 e. The lowest BCUT2D eigenvalue weighted by molar-refractivity contribution is 0.131. The van der Waals surface area contributed by atoms with Crippen LogP contribution in [-0.2, 0) is 6.54 Å². The van der Waals surface area contributed by atoms with Crippen molar-refractivity contribution in [3.8, 4) is 11.4 Å². The largest absolute Gasteiger partial charge is 0.392 e. The van der Waals surface area contributed by atoms with Crippen LogP contribution in [0.5, 0.6) is 0 Å². The van der Waals surface area contributed by atoms with Gasteiger partial charge in [-0.05, 0) is 26.5 Å². The van der Waals surface area contributed by atoms with Crippen LogP contribution in [0.25, 0.3) is 11.4 Å². The lowest BCUT2D eigenvalue weighted by atomic mass is 10.1. The molecule has 0 amide bonds. The summed E-state index contributed by atoms with van der Waals surface area (Å²) in [5.74, 6) is 1.17. The van der Waals surface area contributed by atoms with Gasteiger partial charge in [-0.25, -0.2) is 0 Å². The number of aliphatic hydroxyl groups is 1. The third kappa shape index (κ3) is 3.62. The second-order valence-corrected chi connectivity index (χ2v) is 4.87. The zero-order valence-corrected chi connectivity index (χ0v) is 11.5. The van der Waals surface area contributed by atoms with Gasteiger partial charge in [0, 0.05) is 12.1 Å². The number of nitrogens with zero attached hydrogens (tertiary/aromatic N) is 3. The number of aryl methyl sites for hydroxylation is 1. The van der Waals surface area contributed by atoms with Crippen molar-refractivity contribution in [2.24, 2.45) is 0 Å². The molecule has 0 spiro atoms. The van der Waals surface area contributed by atoms with Crippen LogP contribution < -0.4 is 0 Å². The summed E-state index contributed by atoms with van der Waals surface area (Å²) >= 11 is 0. The van der Waals surface area contributed by atoms with Crippen LogP contribution in [0.3, 0.4) is 0 Å². The van der Waals surface area contributed by atoms with E-state index >= 15 is 0 Å². The molecule has 2 rings (SSSR count). The standard InChI is InChI=1S/C14H19N3O2/c1-10-6-4-5-7-12(10)14-15-13(19-16-14)9-17(3)8-11(2)18/h4-7,11,18H,8-9H2,1-3H3. The fraction of sp³-hybridized carbons (Fsp3) is 0.429. The topological polar surface area (TPSA) is 62.4 Å². The molecule has 2 aromatic rings. The molecule has 0 fully saturated rings. The Morgan fingerprint density at radius 3 is 2.79 bits per heavy atom. The molecule has 5 nitrogen and oxygen atoms in total. The molecule has 5 heteroatoms. The van der Waals surface area contributed by atoms with Crippen LogP contribution in [0.2, 0.25) is 0 Å². The fourth-order valence-electron chi connectivity index (χ4n) is 2.00. The molecule has 1 unspecified atom stereocenters. The molecule has 0 bridgehead atoms. The average Bonchev–Trinajstić information content (AvgIpc) is 2.76. The second kappa shape index (κ2) is 5.95. The molecule has 1 atom stereocenters. The normalized spacial score (nSPS) is 12.9. The van der Waals surface area contributed by atoms with E-state index in [1.165, 1.54) is 0 Å². The lowest BCUT2D eigenvalue weighted by Gasteiger charge is -2.15. The molecule has 0 aliphatic carbocycles. The van der Waals surface area contributed by atoms with Crippen molar-refractivity contribution in [1.29, 1.82) is 0 Å². The van der Waals surface area contributed by atoms with Crippen LogP contribution in [-0.4, -0.2) is 39.8 Å². The molecule has 0 saturated heterocycles. The highest BCUT2D eigenvalue weighted by atomic mass is 16.5. The van der Waals surface area contributed by atoms with E-state index in [1.54, 1.807) is 6.92 Å². The molecule has 1 heterocycles. The van der Waals surface area contributed by atoms with Gasteiger partial charge < -0.3 is 9.63 Å². The van der Waals surface area contributed by atoms with Gasteiger partial charge in [-0.3, -0.25) is 4.90 Å². The maximum atomic E-state index is 9.31. The summed E-state index contributed by atoms with van der Waals surface area (Å²) in [6.07, 6.45) is -0.372. The van der Waals surface area contributed by atoms with Gasteiger partial charge in [-0.2, -0.15) is 4.98 Å².